The molecule has 1 rings (SSSR count). The van der Waals surface area contributed by atoms with Gasteiger partial charge < -0.3 is 25.2 Å². The lowest BCUT2D eigenvalue weighted by atomic mass is 9.81. The van der Waals surface area contributed by atoms with Crippen LogP contribution in [0.1, 0.15) is 51.4 Å². The number of carboxylic acids is 2. The van der Waals surface area contributed by atoms with E-state index in [0.29, 0.717) is 38.5 Å². The van der Waals surface area contributed by atoms with Crippen LogP contribution >= 0.6 is 0 Å². The molecule has 0 amide bonds. The van der Waals surface area contributed by atoms with E-state index in [-0.39, 0.29) is 12.8 Å². The van der Waals surface area contributed by atoms with Crippen LogP contribution in [0, 0.1) is 18.3 Å². The number of hydrogen-bond acceptors (Lipinski definition) is 5. The molecule has 1 heterocycles. The van der Waals surface area contributed by atoms with Crippen LogP contribution in [0.3, 0.4) is 0 Å². The van der Waals surface area contributed by atoms with Crippen molar-refractivity contribution in [2.75, 3.05) is 0 Å². The Morgan fingerprint density at radius 2 is 1.46 bits per heavy atom. The van der Waals surface area contributed by atoms with Gasteiger partial charge in [-0.25, -0.2) is 0 Å². The summed E-state index contributed by atoms with van der Waals surface area (Å²) in [5.41, 5.74) is 0. The standard InChI is InChI=1S/C17H26O7/c1-2-12-16(22)11(7-3-5-9-14(18)19)17(23)13(24-12)8-4-6-10-15(20)21/h1,11-13,16-17,22-23H,3-10H2,(H,18,19)(H,20,21)/t11-,12-,13+,16+,17-/m0/s1. The topological polar surface area (TPSA) is 124 Å². The van der Waals surface area contributed by atoms with Gasteiger partial charge in [0.15, 0.2) is 0 Å². The van der Waals surface area contributed by atoms with Crippen LogP contribution in [-0.4, -0.2) is 56.8 Å². The van der Waals surface area contributed by atoms with E-state index < -0.39 is 42.3 Å². The number of hydrogen-bond donors (Lipinski definition) is 4. The zero-order chi connectivity index (χ0) is 18.1. The van der Waals surface area contributed by atoms with Gasteiger partial charge in [0.25, 0.3) is 0 Å². The number of ether oxygens (including phenoxy) is 1. The maximum absolute atomic E-state index is 10.5. The van der Waals surface area contributed by atoms with Crippen molar-refractivity contribution in [1.29, 1.82) is 0 Å². The van der Waals surface area contributed by atoms with E-state index in [1.165, 1.54) is 0 Å². The highest BCUT2D eigenvalue weighted by molar-refractivity contribution is 5.66. The number of carboxylic acid groups (broad SMARTS) is 2. The molecular formula is C17H26O7. The van der Waals surface area contributed by atoms with E-state index in [4.69, 9.17) is 21.4 Å². The van der Waals surface area contributed by atoms with Crippen molar-refractivity contribution in [3.05, 3.63) is 0 Å². The van der Waals surface area contributed by atoms with Crippen molar-refractivity contribution in [3.63, 3.8) is 0 Å². The number of unbranched alkanes of at least 4 members (excludes halogenated alkanes) is 2. The van der Waals surface area contributed by atoms with Gasteiger partial charge >= 0.3 is 11.9 Å². The summed E-state index contributed by atoms with van der Waals surface area (Å²) in [6, 6.07) is 0. The largest absolute Gasteiger partial charge is 0.481 e. The fourth-order valence-corrected chi connectivity index (χ4v) is 3.05. The molecule has 0 aromatic carbocycles. The summed E-state index contributed by atoms with van der Waals surface area (Å²) in [5, 5.41) is 38.0. The minimum Gasteiger partial charge on any atom is -0.481 e. The number of aliphatic hydroxyl groups excluding tert-OH is 2. The average Bonchev–Trinajstić information content (AvgIpc) is 2.52. The minimum absolute atomic E-state index is 0.0482. The Labute approximate surface area is 141 Å². The van der Waals surface area contributed by atoms with Crippen LogP contribution in [0.4, 0.5) is 0 Å². The van der Waals surface area contributed by atoms with Gasteiger partial charge in [0.2, 0.25) is 0 Å². The molecule has 5 atom stereocenters. The zero-order valence-electron chi connectivity index (χ0n) is 13.6. The van der Waals surface area contributed by atoms with Crippen molar-refractivity contribution >= 4 is 11.9 Å². The first-order valence-electron chi connectivity index (χ1n) is 8.28. The molecule has 7 heteroatoms. The molecule has 0 aliphatic carbocycles. The van der Waals surface area contributed by atoms with Crippen LogP contribution in [-0.2, 0) is 14.3 Å². The molecule has 7 nitrogen and oxygen atoms in total. The van der Waals surface area contributed by atoms with Crippen LogP contribution in [0.15, 0.2) is 0 Å². The molecule has 1 fully saturated rings. The first-order chi connectivity index (χ1) is 11.4. The number of terminal acetylenes is 1. The highest BCUT2D eigenvalue weighted by Crippen LogP contribution is 2.32. The van der Waals surface area contributed by atoms with Gasteiger partial charge in [-0.3, -0.25) is 9.59 Å². The summed E-state index contributed by atoms with van der Waals surface area (Å²) in [6.45, 7) is 0. The van der Waals surface area contributed by atoms with Gasteiger partial charge in [0, 0.05) is 18.8 Å². The van der Waals surface area contributed by atoms with Crippen LogP contribution in [0.25, 0.3) is 0 Å². The molecule has 0 bridgehead atoms. The van der Waals surface area contributed by atoms with E-state index in [1.807, 2.05) is 0 Å². The third-order valence-corrected chi connectivity index (χ3v) is 4.36. The Morgan fingerprint density at radius 1 is 0.917 bits per heavy atom. The fourth-order valence-electron chi connectivity index (χ4n) is 3.05. The molecule has 0 spiro atoms. The first-order valence-corrected chi connectivity index (χ1v) is 8.28. The van der Waals surface area contributed by atoms with Crippen molar-refractivity contribution < 1.29 is 34.8 Å². The summed E-state index contributed by atoms with van der Waals surface area (Å²) < 4.78 is 5.56. The molecule has 136 valence electrons. The highest BCUT2D eigenvalue weighted by atomic mass is 16.5. The molecule has 1 saturated heterocycles. The second kappa shape index (κ2) is 10.3. The Kier molecular flexibility index (Phi) is 8.76. The molecule has 0 radical (unpaired) electrons. The van der Waals surface area contributed by atoms with Crippen LogP contribution < -0.4 is 0 Å². The summed E-state index contributed by atoms with van der Waals surface area (Å²) in [7, 11) is 0. The lowest BCUT2D eigenvalue weighted by molar-refractivity contribution is -0.186. The molecule has 0 saturated carbocycles. The number of rotatable bonds is 10. The Morgan fingerprint density at radius 3 is 1.96 bits per heavy atom. The fraction of sp³-hybridized carbons (Fsp3) is 0.765. The van der Waals surface area contributed by atoms with Crippen LogP contribution in [0.5, 0.6) is 0 Å². The quantitative estimate of drug-likeness (QED) is 0.345. The third kappa shape index (κ3) is 6.48. The van der Waals surface area contributed by atoms with E-state index in [0.717, 1.165) is 0 Å². The lowest BCUT2D eigenvalue weighted by Gasteiger charge is -2.41. The van der Waals surface area contributed by atoms with Gasteiger partial charge in [-0.15, -0.1) is 6.42 Å². The van der Waals surface area contributed by atoms with Crippen LogP contribution in [0.2, 0.25) is 0 Å². The Bertz CT molecular complexity index is 456. The summed E-state index contributed by atoms with van der Waals surface area (Å²) >= 11 is 0. The van der Waals surface area contributed by atoms with Gasteiger partial charge in [-0.2, -0.15) is 0 Å². The lowest BCUT2D eigenvalue weighted by Crippen LogP contribution is -2.53. The average molecular weight is 342 g/mol. The second-order valence-corrected chi connectivity index (χ2v) is 6.19. The third-order valence-electron chi connectivity index (χ3n) is 4.36. The van der Waals surface area contributed by atoms with Crippen molar-refractivity contribution in [2.45, 2.75) is 75.8 Å². The molecular weight excluding hydrogens is 316 g/mol. The molecule has 4 N–H and O–H groups in total. The van der Waals surface area contributed by atoms with Gasteiger partial charge in [0.05, 0.1) is 18.3 Å². The van der Waals surface area contributed by atoms with Gasteiger partial charge in [-0.1, -0.05) is 18.8 Å². The van der Waals surface area contributed by atoms with E-state index in [1.54, 1.807) is 0 Å². The van der Waals surface area contributed by atoms with E-state index in [9.17, 15) is 19.8 Å². The predicted octanol–water partition coefficient (Wildman–Crippen LogP) is 1.01. The molecule has 0 aromatic heterocycles. The number of carbonyl (C=O) groups is 2. The monoisotopic (exact) mass is 342 g/mol. The zero-order valence-corrected chi connectivity index (χ0v) is 13.6. The van der Waals surface area contributed by atoms with Gasteiger partial charge in [0.1, 0.15) is 6.10 Å². The number of aliphatic carboxylic acids is 2. The van der Waals surface area contributed by atoms with E-state index >= 15 is 0 Å². The Balaban J connectivity index is 2.55. The Hall–Kier alpha value is -1.62. The van der Waals surface area contributed by atoms with Gasteiger partial charge in [-0.05, 0) is 25.7 Å². The SMILES string of the molecule is C#C[C@@H]1O[C@H](CCCCC(=O)O)[C@@H](O)[C@@H](CCCCC(=O)O)[C@H]1O. The minimum atomic E-state index is -0.995. The normalized spacial score (nSPS) is 29.8. The second-order valence-electron chi connectivity index (χ2n) is 6.19. The molecule has 0 unspecified atom stereocenters. The van der Waals surface area contributed by atoms with E-state index in [2.05, 4.69) is 5.92 Å². The molecule has 24 heavy (non-hydrogen) atoms. The maximum Gasteiger partial charge on any atom is 0.303 e. The van der Waals surface area contributed by atoms with Crippen molar-refractivity contribution in [3.8, 4) is 12.3 Å². The highest BCUT2D eigenvalue weighted by Gasteiger charge is 2.42. The molecule has 1 aliphatic rings. The number of aliphatic hydroxyl groups is 2. The summed E-state index contributed by atoms with van der Waals surface area (Å²) in [4.78, 5) is 21.1. The summed E-state index contributed by atoms with van der Waals surface area (Å²) in [6.07, 6.45) is 5.24. The van der Waals surface area contributed by atoms with Crippen molar-refractivity contribution in [2.24, 2.45) is 5.92 Å². The molecule has 0 aromatic rings. The molecule has 1 aliphatic heterocycles. The smallest absolute Gasteiger partial charge is 0.303 e. The van der Waals surface area contributed by atoms with Crippen molar-refractivity contribution in [1.82, 2.24) is 0 Å². The predicted molar refractivity (Wildman–Crippen MR) is 85.2 cm³/mol. The maximum atomic E-state index is 10.5. The summed E-state index contributed by atoms with van der Waals surface area (Å²) in [5.74, 6) is 0.164. The first kappa shape index (κ1) is 20.4.